The predicted octanol–water partition coefficient (Wildman–Crippen LogP) is -0.568. The summed E-state index contributed by atoms with van der Waals surface area (Å²) >= 11 is 0. The van der Waals surface area contributed by atoms with E-state index in [-0.39, 0.29) is 24.2 Å². The second-order valence-corrected chi connectivity index (χ2v) is 2.84. The number of hydrogen-bond donors (Lipinski definition) is 1. The fraction of sp³-hybridized carbons (Fsp3) is 0.571. The van der Waals surface area contributed by atoms with Crippen molar-refractivity contribution < 1.29 is 14.4 Å². The van der Waals surface area contributed by atoms with Gasteiger partial charge in [0, 0.05) is 19.3 Å². The molecule has 1 rings (SSSR count). The zero-order chi connectivity index (χ0) is 9.30. The standard InChI is InChI=1S/C7H10N2O3/c1-4-3-6(11)9(7(4)12)8-5(2)10/h4H,3H2,1-2H3,(H,8,10). The molecule has 0 aromatic heterocycles. The Hall–Kier alpha value is -1.39. The number of hydrazine groups is 1. The minimum absolute atomic E-state index is 0.180. The number of carbonyl (C=O) groups excluding carboxylic acids is 3. The van der Waals surface area contributed by atoms with Crippen LogP contribution in [0, 0.1) is 5.92 Å². The third-order valence-electron chi connectivity index (χ3n) is 1.64. The number of carbonyl (C=O) groups is 3. The van der Waals surface area contributed by atoms with Crippen LogP contribution < -0.4 is 5.43 Å². The normalized spacial score (nSPS) is 23.2. The largest absolute Gasteiger partial charge is 0.274 e. The van der Waals surface area contributed by atoms with E-state index in [9.17, 15) is 14.4 Å². The van der Waals surface area contributed by atoms with E-state index >= 15 is 0 Å². The van der Waals surface area contributed by atoms with Crippen LogP contribution in [-0.2, 0) is 14.4 Å². The molecule has 1 atom stereocenters. The molecule has 1 heterocycles. The van der Waals surface area contributed by atoms with Crippen molar-refractivity contribution in [1.82, 2.24) is 10.4 Å². The summed E-state index contributed by atoms with van der Waals surface area (Å²) < 4.78 is 0. The van der Waals surface area contributed by atoms with E-state index in [4.69, 9.17) is 0 Å². The second kappa shape index (κ2) is 2.92. The van der Waals surface area contributed by atoms with E-state index in [0.717, 1.165) is 5.01 Å². The van der Waals surface area contributed by atoms with Gasteiger partial charge in [-0.1, -0.05) is 6.92 Å². The van der Waals surface area contributed by atoms with Gasteiger partial charge < -0.3 is 0 Å². The van der Waals surface area contributed by atoms with E-state index in [1.165, 1.54) is 6.92 Å². The summed E-state index contributed by atoms with van der Waals surface area (Å²) in [5.41, 5.74) is 2.17. The van der Waals surface area contributed by atoms with Crippen LogP contribution in [0.2, 0.25) is 0 Å². The Bertz CT molecular complexity index is 249. The molecule has 5 heteroatoms. The van der Waals surface area contributed by atoms with Crippen LogP contribution in [0.4, 0.5) is 0 Å². The summed E-state index contributed by atoms with van der Waals surface area (Å²) in [6.07, 6.45) is 0.180. The average Bonchev–Trinajstić information content (AvgIpc) is 2.16. The molecule has 1 saturated heterocycles. The molecule has 0 radical (unpaired) electrons. The first-order chi connectivity index (χ1) is 5.52. The molecule has 0 saturated carbocycles. The van der Waals surface area contributed by atoms with E-state index in [1.807, 2.05) is 0 Å². The third kappa shape index (κ3) is 1.44. The van der Waals surface area contributed by atoms with Gasteiger partial charge in [-0.25, -0.2) is 0 Å². The Morgan fingerprint density at radius 1 is 1.58 bits per heavy atom. The number of amides is 3. The smallest absolute Gasteiger partial charge is 0.251 e. The zero-order valence-corrected chi connectivity index (χ0v) is 6.96. The van der Waals surface area contributed by atoms with Crippen LogP contribution in [0.3, 0.4) is 0 Å². The lowest BCUT2D eigenvalue weighted by molar-refractivity contribution is -0.147. The molecule has 1 aliphatic rings. The maximum absolute atomic E-state index is 11.1. The molecule has 12 heavy (non-hydrogen) atoms. The van der Waals surface area contributed by atoms with E-state index in [2.05, 4.69) is 5.43 Å². The van der Waals surface area contributed by atoms with Gasteiger partial charge in [0.1, 0.15) is 0 Å². The number of rotatable bonds is 1. The lowest BCUT2D eigenvalue weighted by atomic mass is 10.1. The molecule has 0 aromatic carbocycles. The predicted molar refractivity (Wildman–Crippen MR) is 39.5 cm³/mol. The molecular formula is C7H10N2O3. The molecule has 1 N–H and O–H groups in total. The van der Waals surface area contributed by atoms with Gasteiger partial charge in [0.25, 0.3) is 5.91 Å². The van der Waals surface area contributed by atoms with Crippen molar-refractivity contribution in [2.75, 3.05) is 0 Å². The van der Waals surface area contributed by atoms with Gasteiger partial charge in [-0.05, 0) is 0 Å². The first-order valence-electron chi connectivity index (χ1n) is 3.66. The summed E-state index contributed by atoms with van der Waals surface area (Å²) in [5.74, 6) is -1.41. The number of hydrogen-bond acceptors (Lipinski definition) is 3. The minimum atomic E-state index is -0.411. The fourth-order valence-corrected chi connectivity index (χ4v) is 1.06. The maximum Gasteiger partial charge on any atom is 0.251 e. The van der Waals surface area contributed by atoms with Gasteiger partial charge in [0.2, 0.25) is 11.8 Å². The highest BCUT2D eigenvalue weighted by Crippen LogP contribution is 2.16. The Balaban J connectivity index is 2.70. The summed E-state index contributed by atoms with van der Waals surface area (Å²) in [7, 11) is 0. The van der Waals surface area contributed by atoms with Crippen molar-refractivity contribution in [2.45, 2.75) is 20.3 Å². The van der Waals surface area contributed by atoms with E-state index in [0.29, 0.717) is 0 Å². The lowest BCUT2D eigenvalue weighted by Crippen LogP contribution is -2.45. The number of imide groups is 1. The molecule has 0 spiro atoms. The molecule has 5 nitrogen and oxygen atoms in total. The first kappa shape index (κ1) is 8.70. The maximum atomic E-state index is 11.1. The van der Waals surface area contributed by atoms with Gasteiger partial charge in [-0.3, -0.25) is 19.8 Å². The summed E-state index contributed by atoms with van der Waals surface area (Å²) in [6, 6.07) is 0. The van der Waals surface area contributed by atoms with E-state index in [1.54, 1.807) is 6.92 Å². The quantitative estimate of drug-likeness (QED) is 0.536. The Morgan fingerprint density at radius 2 is 2.17 bits per heavy atom. The van der Waals surface area contributed by atoms with Crippen LogP contribution in [0.5, 0.6) is 0 Å². The van der Waals surface area contributed by atoms with Crippen molar-refractivity contribution in [1.29, 1.82) is 0 Å². The molecule has 0 aromatic rings. The van der Waals surface area contributed by atoms with Crippen LogP contribution >= 0.6 is 0 Å². The monoisotopic (exact) mass is 170 g/mol. The SMILES string of the molecule is CC(=O)NN1C(=O)CC(C)C1=O. The van der Waals surface area contributed by atoms with Gasteiger partial charge in [-0.2, -0.15) is 5.01 Å². The molecule has 1 aliphatic heterocycles. The average molecular weight is 170 g/mol. The number of nitrogens with zero attached hydrogens (tertiary/aromatic N) is 1. The highest BCUT2D eigenvalue weighted by Gasteiger charge is 2.36. The van der Waals surface area contributed by atoms with Crippen LogP contribution in [-0.4, -0.2) is 22.7 Å². The molecule has 3 amide bonds. The summed E-state index contributed by atoms with van der Waals surface area (Å²) in [5, 5.41) is 0.785. The Labute approximate surface area is 69.7 Å². The topological polar surface area (TPSA) is 66.5 Å². The van der Waals surface area contributed by atoms with Crippen molar-refractivity contribution in [3.63, 3.8) is 0 Å². The number of nitrogens with one attached hydrogen (secondary N) is 1. The van der Waals surface area contributed by atoms with Crippen LogP contribution in [0.1, 0.15) is 20.3 Å². The van der Waals surface area contributed by atoms with Crippen molar-refractivity contribution in [2.24, 2.45) is 5.92 Å². The molecule has 1 fully saturated rings. The van der Waals surface area contributed by atoms with Crippen LogP contribution in [0.15, 0.2) is 0 Å². The molecule has 1 unspecified atom stereocenters. The molecular weight excluding hydrogens is 160 g/mol. The van der Waals surface area contributed by atoms with Gasteiger partial charge in [0.15, 0.2) is 0 Å². The molecule has 0 bridgehead atoms. The zero-order valence-electron chi connectivity index (χ0n) is 6.96. The molecule has 0 aliphatic carbocycles. The van der Waals surface area contributed by atoms with E-state index < -0.39 is 5.91 Å². The highest BCUT2D eigenvalue weighted by atomic mass is 16.2. The van der Waals surface area contributed by atoms with Crippen LogP contribution in [0.25, 0.3) is 0 Å². The summed E-state index contributed by atoms with van der Waals surface area (Å²) in [4.78, 5) is 32.7. The van der Waals surface area contributed by atoms with Gasteiger partial charge in [-0.15, -0.1) is 0 Å². The fourth-order valence-electron chi connectivity index (χ4n) is 1.06. The van der Waals surface area contributed by atoms with Crippen molar-refractivity contribution in [3.05, 3.63) is 0 Å². The lowest BCUT2D eigenvalue weighted by Gasteiger charge is -2.13. The minimum Gasteiger partial charge on any atom is -0.274 e. The molecule has 66 valence electrons. The Morgan fingerprint density at radius 3 is 2.50 bits per heavy atom. The van der Waals surface area contributed by atoms with Crippen molar-refractivity contribution >= 4 is 17.7 Å². The highest BCUT2D eigenvalue weighted by molar-refractivity contribution is 6.04. The first-order valence-corrected chi connectivity index (χ1v) is 3.66. The van der Waals surface area contributed by atoms with Gasteiger partial charge in [0.05, 0.1) is 0 Å². The second-order valence-electron chi connectivity index (χ2n) is 2.84. The van der Waals surface area contributed by atoms with Crippen molar-refractivity contribution in [3.8, 4) is 0 Å². The summed E-state index contributed by atoms with van der Waals surface area (Å²) in [6.45, 7) is 2.91. The van der Waals surface area contributed by atoms with Gasteiger partial charge >= 0.3 is 0 Å². The Kier molecular flexibility index (Phi) is 2.12. The third-order valence-corrected chi connectivity index (χ3v) is 1.64.